The number of para-hydroxylation sites is 3. The topological polar surface area (TPSA) is 18.1 Å². The Morgan fingerprint density at radius 1 is 0.457 bits per heavy atom. The van der Waals surface area contributed by atoms with Gasteiger partial charge in [-0.1, -0.05) is 115 Å². The summed E-state index contributed by atoms with van der Waals surface area (Å²) >= 11 is 0. The molecule has 216 valence electrons. The Morgan fingerprint density at radius 2 is 1.07 bits per heavy atom. The maximum absolute atomic E-state index is 6.27. The van der Waals surface area contributed by atoms with Crippen LogP contribution in [0.25, 0.3) is 71.7 Å². The van der Waals surface area contributed by atoms with Gasteiger partial charge in [0.1, 0.15) is 11.2 Å². The van der Waals surface area contributed by atoms with E-state index in [1.807, 2.05) is 6.07 Å². The van der Waals surface area contributed by atoms with E-state index in [1.54, 1.807) is 0 Å². The number of benzene rings is 7. The number of rotatable bonds is 4. The minimum absolute atomic E-state index is 0.306. The Labute approximate surface area is 266 Å². The van der Waals surface area contributed by atoms with Gasteiger partial charge in [0, 0.05) is 33.2 Å². The molecule has 0 N–H and O–H groups in total. The lowest BCUT2D eigenvalue weighted by Crippen LogP contribution is -2.01. The molecule has 1 aliphatic carbocycles. The van der Waals surface area contributed by atoms with Crippen LogP contribution in [0.2, 0.25) is 0 Å². The van der Waals surface area contributed by atoms with E-state index in [2.05, 4.69) is 156 Å². The number of aromatic nitrogens is 1. The molecule has 2 heterocycles. The van der Waals surface area contributed by atoms with Gasteiger partial charge in [0.05, 0.1) is 11.0 Å². The summed E-state index contributed by atoms with van der Waals surface area (Å²) in [7, 11) is 0. The van der Waals surface area contributed by atoms with Crippen molar-refractivity contribution in [1.29, 1.82) is 0 Å². The number of nitrogens with zero attached hydrogens (tertiary/aromatic N) is 1. The van der Waals surface area contributed by atoms with E-state index in [4.69, 9.17) is 4.42 Å². The maximum atomic E-state index is 6.27. The standard InChI is InChI=1S/C44H29NO/c1-2-10-33-32(9-1)37(38-26-40-36-13-5-8-16-43(36)46-44(40)27-39(33)38)25-28-17-19-29(20-18-28)30-21-23-31(24-22-30)45-41-14-6-3-11-34(41)35-12-4-7-15-42(35)45/h1-24,26-27,37H,25H2. The quantitative estimate of drug-likeness (QED) is 0.200. The fraction of sp³-hybridized carbons (Fsp3) is 0.0455. The molecule has 0 amide bonds. The van der Waals surface area contributed by atoms with Crippen molar-refractivity contribution in [1.82, 2.24) is 4.57 Å². The Morgan fingerprint density at radius 3 is 1.80 bits per heavy atom. The van der Waals surface area contributed by atoms with Crippen LogP contribution >= 0.6 is 0 Å². The highest BCUT2D eigenvalue weighted by Gasteiger charge is 2.30. The van der Waals surface area contributed by atoms with Crippen LogP contribution in [0, 0.1) is 0 Å². The van der Waals surface area contributed by atoms with Crippen molar-refractivity contribution in [3.63, 3.8) is 0 Å². The minimum Gasteiger partial charge on any atom is -0.456 e. The number of hydrogen-bond acceptors (Lipinski definition) is 1. The van der Waals surface area contributed by atoms with Crippen LogP contribution in [0.4, 0.5) is 0 Å². The molecule has 0 radical (unpaired) electrons. The van der Waals surface area contributed by atoms with Gasteiger partial charge in [-0.2, -0.15) is 0 Å². The summed E-state index contributed by atoms with van der Waals surface area (Å²) in [6, 6.07) is 57.4. The third kappa shape index (κ3) is 3.77. The second kappa shape index (κ2) is 9.82. The van der Waals surface area contributed by atoms with Crippen LogP contribution < -0.4 is 0 Å². The highest BCUT2D eigenvalue weighted by atomic mass is 16.3. The molecule has 7 aromatic carbocycles. The first kappa shape index (κ1) is 25.5. The molecule has 2 heteroatoms. The normalized spacial score (nSPS) is 14.0. The van der Waals surface area contributed by atoms with Crippen molar-refractivity contribution in [2.24, 2.45) is 0 Å². The molecule has 0 saturated heterocycles. The Hall–Kier alpha value is -5.86. The summed E-state index contributed by atoms with van der Waals surface area (Å²) in [5, 5.41) is 4.95. The van der Waals surface area contributed by atoms with Crippen molar-refractivity contribution < 1.29 is 4.42 Å². The zero-order valence-electron chi connectivity index (χ0n) is 25.2. The second-order valence-corrected chi connectivity index (χ2v) is 12.5. The molecule has 0 saturated carbocycles. The summed E-state index contributed by atoms with van der Waals surface area (Å²) in [4.78, 5) is 0. The van der Waals surface area contributed by atoms with Gasteiger partial charge in [-0.15, -0.1) is 0 Å². The van der Waals surface area contributed by atoms with Crippen LogP contribution in [-0.4, -0.2) is 4.57 Å². The maximum Gasteiger partial charge on any atom is 0.136 e. The fourth-order valence-corrected chi connectivity index (χ4v) is 7.82. The molecule has 10 rings (SSSR count). The molecular formula is C44H29NO. The average molecular weight is 588 g/mol. The third-order valence-corrected chi connectivity index (χ3v) is 9.98. The van der Waals surface area contributed by atoms with E-state index in [1.165, 1.54) is 77.2 Å². The lowest BCUT2D eigenvalue weighted by atomic mass is 9.89. The molecule has 2 nitrogen and oxygen atoms in total. The smallest absolute Gasteiger partial charge is 0.136 e. The molecule has 9 aromatic rings. The molecule has 1 aliphatic rings. The van der Waals surface area contributed by atoms with Gasteiger partial charge >= 0.3 is 0 Å². The molecule has 0 spiro atoms. The summed E-state index contributed by atoms with van der Waals surface area (Å²) < 4.78 is 8.64. The monoisotopic (exact) mass is 587 g/mol. The Balaban J connectivity index is 0.980. The zero-order chi connectivity index (χ0) is 30.2. The van der Waals surface area contributed by atoms with Crippen LogP contribution in [0.1, 0.15) is 22.6 Å². The van der Waals surface area contributed by atoms with E-state index in [0.717, 1.165) is 17.6 Å². The van der Waals surface area contributed by atoms with Crippen molar-refractivity contribution in [2.45, 2.75) is 12.3 Å². The molecule has 46 heavy (non-hydrogen) atoms. The summed E-state index contributed by atoms with van der Waals surface area (Å²) in [6.07, 6.45) is 0.957. The Bertz CT molecular complexity index is 2550. The van der Waals surface area contributed by atoms with Crippen LogP contribution in [0.15, 0.2) is 162 Å². The predicted octanol–water partition coefficient (Wildman–Crippen LogP) is 11.7. The first-order valence-corrected chi connectivity index (χ1v) is 16.0. The van der Waals surface area contributed by atoms with Gasteiger partial charge in [0.25, 0.3) is 0 Å². The van der Waals surface area contributed by atoms with Gasteiger partial charge in [-0.3, -0.25) is 0 Å². The summed E-state index contributed by atoms with van der Waals surface area (Å²) in [6.45, 7) is 0. The van der Waals surface area contributed by atoms with Gasteiger partial charge in [0.2, 0.25) is 0 Å². The highest BCUT2D eigenvalue weighted by Crippen LogP contribution is 2.48. The molecule has 0 bridgehead atoms. The van der Waals surface area contributed by atoms with Gasteiger partial charge in [-0.25, -0.2) is 0 Å². The van der Waals surface area contributed by atoms with E-state index < -0.39 is 0 Å². The lowest BCUT2D eigenvalue weighted by molar-refractivity contribution is 0.669. The molecule has 1 unspecified atom stereocenters. The van der Waals surface area contributed by atoms with E-state index >= 15 is 0 Å². The first-order chi connectivity index (χ1) is 22.8. The van der Waals surface area contributed by atoms with Crippen LogP contribution in [0.5, 0.6) is 0 Å². The van der Waals surface area contributed by atoms with Crippen molar-refractivity contribution in [3.05, 3.63) is 174 Å². The summed E-state index contributed by atoms with van der Waals surface area (Å²) in [5.74, 6) is 0.306. The molecule has 0 aliphatic heterocycles. The first-order valence-electron chi connectivity index (χ1n) is 16.0. The molecule has 1 atom stereocenters. The Kier molecular flexibility index (Phi) is 5.44. The molecule has 0 fully saturated rings. The van der Waals surface area contributed by atoms with Crippen molar-refractivity contribution in [2.75, 3.05) is 0 Å². The number of fused-ring (bicyclic) bond motifs is 9. The van der Waals surface area contributed by atoms with E-state index in [-0.39, 0.29) is 0 Å². The van der Waals surface area contributed by atoms with Gasteiger partial charge in [-0.05, 0) is 87.8 Å². The number of furan rings is 1. The van der Waals surface area contributed by atoms with Crippen LogP contribution in [-0.2, 0) is 6.42 Å². The van der Waals surface area contributed by atoms with Gasteiger partial charge in [0.15, 0.2) is 0 Å². The average Bonchev–Trinajstić information content (AvgIpc) is 3.75. The highest BCUT2D eigenvalue weighted by molar-refractivity contribution is 6.09. The van der Waals surface area contributed by atoms with Crippen molar-refractivity contribution >= 4 is 43.7 Å². The number of hydrogen-bond donors (Lipinski definition) is 0. The minimum atomic E-state index is 0.306. The van der Waals surface area contributed by atoms with Crippen LogP contribution in [0.3, 0.4) is 0 Å². The van der Waals surface area contributed by atoms with Gasteiger partial charge < -0.3 is 8.98 Å². The second-order valence-electron chi connectivity index (χ2n) is 12.5. The molecular weight excluding hydrogens is 558 g/mol. The fourth-order valence-electron chi connectivity index (χ4n) is 7.82. The largest absolute Gasteiger partial charge is 0.456 e. The summed E-state index contributed by atoms with van der Waals surface area (Å²) in [5.41, 5.74) is 14.8. The third-order valence-electron chi connectivity index (χ3n) is 9.98. The zero-order valence-corrected chi connectivity index (χ0v) is 25.2. The SMILES string of the molecule is c1ccc2c(c1)-c1cc3oc4ccccc4c3cc1C2Cc1ccc(-c2ccc(-n3c4ccccc4c4ccccc43)cc2)cc1. The van der Waals surface area contributed by atoms with E-state index in [0.29, 0.717) is 5.92 Å². The van der Waals surface area contributed by atoms with E-state index in [9.17, 15) is 0 Å². The predicted molar refractivity (Wildman–Crippen MR) is 191 cm³/mol. The lowest BCUT2D eigenvalue weighted by Gasteiger charge is -2.15. The van der Waals surface area contributed by atoms with Crippen molar-refractivity contribution in [3.8, 4) is 27.9 Å². The molecule has 2 aromatic heterocycles.